The number of esters is 1. The summed E-state index contributed by atoms with van der Waals surface area (Å²) < 4.78 is 5.43. The van der Waals surface area contributed by atoms with E-state index in [1.165, 1.54) is 0 Å². The molecule has 1 atom stereocenters. The van der Waals surface area contributed by atoms with Gasteiger partial charge in [-0.3, -0.25) is 9.78 Å². The van der Waals surface area contributed by atoms with Crippen LogP contribution in [0.3, 0.4) is 0 Å². The van der Waals surface area contributed by atoms with Gasteiger partial charge in [-0.05, 0) is 52.7 Å². The Morgan fingerprint density at radius 2 is 2.13 bits per heavy atom. The minimum absolute atomic E-state index is 0.191. The quantitative estimate of drug-likeness (QED) is 0.851. The molecular weight excluding hydrogens is 294 g/mol. The van der Waals surface area contributed by atoms with E-state index < -0.39 is 5.60 Å². The van der Waals surface area contributed by atoms with Crippen molar-refractivity contribution in [1.29, 1.82) is 0 Å². The molecule has 1 saturated heterocycles. The Morgan fingerprint density at radius 1 is 1.39 bits per heavy atom. The van der Waals surface area contributed by atoms with Crippen LogP contribution in [0.15, 0.2) is 18.3 Å². The number of hydrogen-bond acceptors (Lipinski definition) is 4. The fraction of sp³-hybridized carbons (Fsp3) is 0.588. The van der Waals surface area contributed by atoms with Crippen LogP contribution in [-0.4, -0.2) is 40.6 Å². The van der Waals surface area contributed by atoms with Crippen LogP contribution in [0.25, 0.3) is 0 Å². The molecule has 2 rings (SSSR count). The molecule has 0 aromatic carbocycles. The normalized spacial score (nSPS) is 18.4. The summed E-state index contributed by atoms with van der Waals surface area (Å²) in [5.74, 6) is -0.484. The molecule has 6 nitrogen and oxygen atoms in total. The maximum Gasteiger partial charge on any atom is 0.321 e. The van der Waals surface area contributed by atoms with E-state index >= 15 is 0 Å². The van der Waals surface area contributed by atoms with E-state index in [1.807, 2.05) is 33.8 Å². The average Bonchev–Trinajstić information content (AvgIpc) is 2.45. The van der Waals surface area contributed by atoms with Crippen molar-refractivity contribution in [2.45, 2.75) is 46.1 Å². The third kappa shape index (κ3) is 5.23. The summed E-state index contributed by atoms with van der Waals surface area (Å²) in [7, 11) is 0. The van der Waals surface area contributed by atoms with E-state index in [0.717, 1.165) is 18.5 Å². The number of aromatic nitrogens is 1. The van der Waals surface area contributed by atoms with Gasteiger partial charge in [0.1, 0.15) is 5.60 Å². The Kier molecular flexibility index (Phi) is 5.23. The Hall–Kier alpha value is -2.11. The highest BCUT2D eigenvalue weighted by atomic mass is 16.6. The van der Waals surface area contributed by atoms with Crippen molar-refractivity contribution >= 4 is 17.7 Å². The number of aryl methyl sites for hydroxylation is 1. The van der Waals surface area contributed by atoms with Crippen molar-refractivity contribution in [3.63, 3.8) is 0 Å². The van der Waals surface area contributed by atoms with E-state index in [0.29, 0.717) is 18.8 Å². The highest BCUT2D eigenvalue weighted by Gasteiger charge is 2.31. The second kappa shape index (κ2) is 6.98. The molecule has 0 aliphatic carbocycles. The predicted octanol–water partition coefficient (Wildman–Crippen LogP) is 2.98. The number of anilines is 1. The number of rotatable bonds is 2. The predicted molar refractivity (Wildman–Crippen MR) is 88.1 cm³/mol. The van der Waals surface area contributed by atoms with Crippen LogP contribution in [0.5, 0.6) is 0 Å². The Balaban J connectivity index is 1.95. The summed E-state index contributed by atoms with van der Waals surface area (Å²) in [5.41, 5.74) is 1.05. The smallest absolute Gasteiger partial charge is 0.321 e. The molecule has 2 amide bonds. The largest absolute Gasteiger partial charge is 0.460 e. The molecule has 1 fully saturated rings. The van der Waals surface area contributed by atoms with Crippen molar-refractivity contribution in [2.75, 3.05) is 18.4 Å². The molecule has 1 aliphatic rings. The van der Waals surface area contributed by atoms with Crippen molar-refractivity contribution in [3.8, 4) is 0 Å². The maximum absolute atomic E-state index is 12.4. The molecule has 126 valence electrons. The molecule has 0 radical (unpaired) electrons. The van der Waals surface area contributed by atoms with Crippen LogP contribution in [0.2, 0.25) is 0 Å². The number of ether oxygens (including phenoxy) is 1. The fourth-order valence-corrected chi connectivity index (χ4v) is 2.56. The zero-order chi connectivity index (χ0) is 17.0. The maximum atomic E-state index is 12.4. The Labute approximate surface area is 137 Å². The number of piperidine rings is 1. The molecule has 1 aromatic rings. The van der Waals surface area contributed by atoms with Gasteiger partial charge in [0.25, 0.3) is 0 Å². The molecule has 23 heavy (non-hydrogen) atoms. The number of carbonyl (C=O) groups excluding carboxylic acids is 2. The van der Waals surface area contributed by atoms with Gasteiger partial charge >= 0.3 is 12.0 Å². The van der Waals surface area contributed by atoms with Gasteiger partial charge < -0.3 is 15.0 Å². The van der Waals surface area contributed by atoms with Crippen LogP contribution >= 0.6 is 0 Å². The molecule has 2 heterocycles. The van der Waals surface area contributed by atoms with Crippen LogP contribution < -0.4 is 5.32 Å². The summed E-state index contributed by atoms with van der Waals surface area (Å²) in [6.45, 7) is 8.47. The SMILES string of the molecule is Cc1cc(NC(=O)N2CCCC(C(=O)OC(C)(C)C)C2)ccn1. The van der Waals surface area contributed by atoms with Crippen LogP contribution in [0, 0.1) is 12.8 Å². The molecule has 0 spiro atoms. The second-order valence-corrected chi connectivity index (χ2v) is 6.93. The lowest BCUT2D eigenvalue weighted by molar-refractivity contribution is -0.161. The van der Waals surface area contributed by atoms with Gasteiger partial charge in [-0.1, -0.05) is 0 Å². The lowest BCUT2D eigenvalue weighted by Gasteiger charge is -2.33. The lowest BCUT2D eigenvalue weighted by Crippen LogP contribution is -2.45. The first-order chi connectivity index (χ1) is 10.7. The molecular formula is C17H25N3O3. The van der Waals surface area contributed by atoms with Gasteiger partial charge in [-0.15, -0.1) is 0 Å². The van der Waals surface area contributed by atoms with E-state index in [4.69, 9.17) is 4.74 Å². The lowest BCUT2D eigenvalue weighted by atomic mass is 9.98. The highest BCUT2D eigenvalue weighted by Crippen LogP contribution is 2.21. The number of hydrogen-bond donors (Lipinski definition) is 1. The van der Waals surface area contributed by atoms with Crippen LogP contribution in [0.4, 0.5) is 10.5 Å². The van der Waals surface area contributed by atoms with Gasteiger partial charge in [0.15, 0.2) is 0 Å². The zero-order valence-electron chi connectivity index (χ0n) is 14.3. The minimum atomic E-state index is -0.504. The first-order valence-electron chi connectivity index (χ1n) is 7.96. The Bertz CT molecular complexity index is 581. The van der Waals surface area contributed by atoms with E-state index in [9.17, 15) is 9.59 Å². The number of amides is 2. The molecule has 1 N–H and O–H groups in total. The van der Waals surface area contributed by atoms with E-state index in [2.05, 4.69) is 10.3 Å². The van der Waals surface area contributed by atoms with Crippen molar-refractivity contribution in [1.82, 2.24) is 9.88 Å². The molecule has 1 aliphatic heterocycles. The number of nitrogens with one attached hydrogen (secondary N) is 1. The fourth-order valence-electron chi connectivity index (χ4n) is 2.56. The number of carbonyl (C=O) groups is 2. The molecule has 1 aromatic heterocycles. The van der Waals surface area contributed by atoms with Gasteiger partial charge in [0.05, 0.1) is 5.92 Å². The Morgan fingerprint density at radius 3 is 2.78 bits per heavy atom. The summed E-state index contributed by atoms with van der Waals surface area (Å²) in [6.07, 6.45) is 3.21. The van der Waals surface area contributed by atoms with Crippen molar-refractivity contribution in [2.24, 2.45) is 5.92 Å². The van der Waals surface area contributed by atoms with Gasteiger partial charge in [-0.2, -0.15) is 0 Å². The molecule has 1 unspecified atom stereocenters. The first-order valence-corrected chi connectivity index (χ1v) is 7.96. The number of urea groups is 1. The zero-order valence-corrected chi connectivity index (χ0v) is 14.3. The second-order valence-electron chi connectivity index (χ2n) is 6.93. The topological polar surface area (TPSA) is 71.5 Å². The van der Waals surface area contributed by atoms with Crippen molar-refractivity contribution in [3.05, 3.63) is 24.0 Å². The monoisotopic (exact) mass is 319 g/mol. The van der Waals surface area contributed by atoms with E-state index in [-0.39, 0.29) is 17.9 Å². The highest BCUT2D eigenvalue weighted by molar-refractivity contribution is 5.89. The summed E-state index contributed by atoms with van der Waals surface area (Å²) >= 11 is 0. The number of nitrogens with zero attached hydrogens (tertiary/aromatic N) is 2. The molecule has 0 saturated carbocycles. The van der Waals surface area contributed by atoms with Crippen molar-refractivity contribution < 1.29 is 14.3 Å². The molecule has 0 bridgehead atoms. The third-order valence-electron chi connectivity index (χ3n) is 3.60. The standard InChI is InChI=1S/C17H25N3O3/c1-12-10-14(7-8-18-12)19-16(22)20-9-5-6-13(11-20)15(21)23-17(2,3)4/h7-8,10,13H,5-6,9,11H2,1-4H3,(H,18,19,22). The molecule has 6 heteroatoms. The van der Waals surface area contributed by atoms with Crippen LogP contribution in [-0.2, 0) is 9.53 Å². The van der Waals surface area contributed by atoms with Crippen LogP contribution in [0.1, 0.15) is 39.3 Å². The van der Waals surface area contributed by atoms with E-state index in [1.54, 1.807) is 17.2 Å². The van der Waals surface area contributed by atoms with Gasteiger partial charge in [0.2, 0.25) is 0 Å². The number of likely N-dealkylation sites (tertiary alicyclic amines) is 1. The number of pyridine rings is 1. The first kappa shape index (κ1) is 17.2. The summed E-state index contributed by atoms with van der Waals surface area (Å²) in [5, 5.41) is 2.86. The third-order valence-corrected chi connectivity index (χ3v) is 3.60. The van der Waals surface area contributed by atoms with Gasteiger partial charge in [-0.25, -0.2) is 4.79 Å². The van der Waals surface area contributed by atoms with Gasteiger partial charge in [0, 0.05) is 30.7 Å². The summed E-state index contributed by atoms with van der Waals surface area (Å²) in [6, 6.07) is 3.37. The average molecular weight is 319 g/mol. The minimum Gasteiger partial charge on any atom is -0.460 e. The summed E-state index contributed by atoms with van der Waals surface area (Å²) in [4.78, 5) is 30.3.